The van der Waals surface area contributed by atoms with Gasteiger partial charge in [0, 0.05) is 18.3 Å². The highest BCUT2D eigenvalue weighted by Crippen LogP contribution is 2.22. The van der Waals surface area contributed by atoms with Gasteiger partial charge in [-0.1, -0.05) is 24.3 Å². The van der Waals surface area contributed by atoms with Crippen LogP contribution in [0.15, 0.2) is 36.5 Å². The second-order valence-electron chi connectivity index (χ2n) is 6.01. The monoisotopic (exact) mass is 283 g/mol. The van der Waals surface area contributed by atoms with Gasteiger partial charge in [0.25, 0.3) is 5.91 Å². The van der Waals surface area contributed by atoms with Gasteiger partial charge in [-0.25, -0.2) is 0 Å². The van der Waals surface area contributed by atoms with Gasteiger partial charge in [-0.2, -0.15) is 0 Å². The van der Waals surface area contributed by atoms with Crippen LogP contribution in [-0.2, 0) is 12.8 Å². The van der Waals surface area contributed by atoms with E-state index < -0.39 is 0 Å². The third-order valence-electron chi connectivity index (χ3n) is 4.04. The molecule has 0 spiro atoms. The van der Waals surface area contributed by atoms with Gasteiger partial charge in [0.05, 0.1) is 5.69 Å². The number of benzene rings is 1. The Morgan fingerprint density at radius 3 is 2.48 bits per heavy atom. The third kappa shape index (κ3) is 2.66. The van der Waals surface area contributed by atoms with E-state index in [9.17, 15) is 4.79 Å². The number of carbonyl (C=O) groups excluding carboxylic acids is 1. The summed E-state index contributed by atoms with van der Waals surface area (Å²) in [5.41, 5.74) is 9.77. The molecule has 0 unspecified atom stereocenters. The molecule has 3 rings (SSSR count). The third-order valence-corrected chi connectivity index (χ3v) is 4.04. The normalized spacial score (nSPS) is 14.4. The summed E-state index contributed by atoms with van der Waals surface area (Å²) in [4.78, 5) is 12.5. The Hall–Kier alpha value is -2.23. The SMILES string of the molecule is CC(C)n1cc(N)cc1C(=O)NC1Cc2ccccc2C1. The summed E-state index contributed by atoms with van der Waals surface area (Å²) < 4.78 is 1.92. The van der Waals surface area contributed by atoms with Crippen LogP contribution in [0, 0.1) is 0 Å². The molecule has 1 heterocycles. The standard InChI is InChI=1S/C17H21N3O/c1-11(2)20-10-14(18)9-16(20)17(21)19-15-7-12-5-3-4-6-13(12)8-15/h3-6,9-11,15H,7-8,18H2,1-2H3,(H,19,21). The van der Waals surface area contributed by atoms with E-state index >= 15 is 0 Å². The lowest BCUT2D eigenvalue weighted by molar-refractivity contribution is 0.0927. The average molecular weight is 283 g/mol. The fourth-order valence-corrected chi connectivity index (χ4v) is 3.03. The predicted molar refractivity (Wildman–Crippen MR) is 84.3 cm³/mol. The fourth-order valence-electron chi connectivity index (χ4n) is 3.03. The highest BCUT2D eigenvalue weighted by atomic mass is 16.2. The van der Waals surface area contributed by atoms with Crippen LogP contribution >= 0.6 is 0 Å². The molecule has 1 amide bonds. The molecular formula is C17H21N3O. The zero-order chi connectivity index (χ0) is 15.0. The van der Waals surface area contributed by atoms with Crippen LogP contribution < -0.4 is 11.1 Å². The number of fused-ring (bicyclic) bond motifs is 1. The molecule has 0 saturated carbocycles. The molecule has 110 valence electrons. The molecule has 1 aromatic carbocycles. The van der Waals surface area contributed by atoms with E-state index in [-0.39, 0.29) is 18.0 Å². The first-order valence-electron chi connectivity index (χ1n) is 7.39. The van der Waals surface area contributed by atoms with E-state index in [0.29, 0.717) is 11.4 Å². The van der Waals surface area contributed by atoms with Crippen molar-refractivity contribution in [2.24, 2.45) is 0 Å². The van der Waals surface area contributed by atoms with E-state index in [1.807, 2.05) is 36.7 Å². The van der Waals surface area contributed by atoms with Crippen molar-refractivity contribution in [2.75, 3.05) is 5.73 Å². The molecule has 3 N–H and O–H groups in total. The second-order valence-corrected chi connectivity index (χ2v) is 6.01. The van der Waals surface area contributed by atoms with Crippen LogP contribution in [0.25, 0.3) is 0 Å². The number of nitrogen functional groups attached to an aromatic ring is 1. The Kier molecular flexibility index (Phi) is 3.45. The molecular weight excluding hydrogens is 262 g/mol. The summed E-state index contributed by atoms with van der Waals surface area (Å²) in [6.07, 6.45) is 3.63. The first kappa shape index (κ1) is 13.7. The van der Waals surface area contributed by atoms with Gasteiger partial charge in [0.15, 0.2) is 0 Å². The largest absolute Gasteiger partial charge is 0.397 e. The Morgan fingerprint density at radius 2 is 1.90 bits per heavy atom. The van der Waals surface area contributed by atoms with Crippen molar-refractivity contribution in [3.63, 3.8) is 0 Å². The smallest absolute Gasteiger partial charge is 0.268 e. The minimum Gasteiger partial charge on any atom is -0.397 e. The zero-order valence-electron chi connectivity index (χ0n) is 12.5. The van der Waals surface area contributed by atoms with Crippen LogP contribution in [0.4, 0.5) is 5.69 Å². The molecule has 0 saturated heterocycles. The van der Waals surface area contributed by atoms with Crippen molar-refractivity contribution in [1.82, 2.24) is 9.88 Å². The highest BCUT2D eigenvalue weighted by Gasteiger charge is 2.24. The quantitative estimate of drug-likeness (QED) is 0.909. The Bertz CT molecular complexity index is 647. The molecule has 4 heteroatoms. The van der Waals surface area contributed by atoms with E-state index in [1.54, 1.807) is 6.07 Å². The molecule has 1 aliphatic carbocycles. The van der Waals surface area contributed by atoms with Gasteiger partial charge in [0.1, 0.15) is 5.69 Å². The molecule has 21 heavy (non-hydrogen) atoms. The number of carbonyl (C=O) groups is 1. The molecule has 0 aliphatic heterocycles. The number of rotatable bonds is 3. The van der Waals surface area contributed by atoms with Crippen LogP contribution in [0.1, 0.15) is 41.5 Å². The van der Waals surface area contributed by atoms with Gasteiger partial charge in [-0.3, -0.25) is 4.79 Å². The van der Waals surface area contributed by atoms with E-state index in [4.69, 9.17) is 5.73 Å². The van der Waals surface area contributed by atoms with Crippen LogP contribution in [-0.4, -0.2) is 16.5 Å². The maximum absolute atomic E-state index is 12.5. The lowest BCUT2D eigenvalue weighted by Gasteiger charge is -2.15. The van der Waals surface area contributed by atoms with E-state index in [1.165, 1.54) is 11.1 Å². The summed E-state index contributed by atoms with van der Waals surface area (Å²) in [6, 6.07) is 10.5. The van der Waals surface area contributed by atoms with Crippen LogP contribution in [0.5, 0.6) is 0 Å². The van der Waals surface area contributed by atoms with Crippen molar-refractivity contribution in [3.05, 3.63) is 53.3 Å². The Labute approximate surface area is 125 Å². The van der Waals surface area contributed by atoms with Crippen molar-refractivity contribution in [2.45, 2.75) is 38.8 Å². The number of hydrogen-bond acceptors (Lipinski definition) is 2. The molecule has 1 aliphatic rings. The molecule has 0 fully saturated rings. The predicted octanol–water partition coefficient (Wildman–Crippen LogP) is 2.55. The van der Waals surface area contributed by atoms with Gasteiger partial charge in [-0.15, -0.1) is 0 Å². The first-order valence-corrected chi connectivity index (χ1v) is 7.39. The molecule has 2 aromatic rings. The Morgan fingerprint density at radius 1 is 1.29 bits per heavy atom. The molecule has 1 aromatic heterocycles. The van der Waals surface area contributed by atoms with Gasteiger partial charge < -0.3 is 15.6 Å². The van der Waals surface area contributed by atoms with Crippen LogP contribution in [0.3, 0.4) is 0 Å². The van der Waals surface area contributed by atoms with Gasteiger partial charge in [-0.05, 0) is 43.9 Å². The topological polar surface area (TPSA) is 60.0 Å². The lowest BCUT2D eigenvalue weighted by Crippen LogP contribution is -2.36. The minimum atomic E-state index is -0.0433. The number of hydrogen-bond donors (Lipinski definition) is 2. The van der Waals surface area contributed by atoms with Gasteiger partial charge >= 0.3 is 0 Å². The Balaban J connectivity index is 1.74. The van der Waals surface area contributed by atoms with Crippen molar-refractivity contribution >= 4 is 11.6 Å². The highest BCUT2D eigenvalue weighted by molar-refractivity contribution is 5.94. The number of nitrogens with zero attached hydrogens (tertiary/aromatic N) is 1. The number of nitrogens with one attached hydrogen (secondary N) is 1. The minimum absolute atomic E-state index is 0.0433. The number of aromatic nitrogens is 1. The summed E-state index contributed by atoms with van der Waals surface area (Å²) >= 11 is 0. The van der Waals surface area contributed by atoms with Gasteiger partial charge in [0.2, 0.25) is 0 Å². The zero-order valence-corrected chi connectivity index (χ0v) is 12.5. The molecule has 0 bridgehead atoms. The lowest BCUT2D eigenvalue weighted by atomic mass is 10.1. The number of nitrogens with two attached hydrogens (primary N) is 1. The van der Waals surface area contributed by atoms with E-state index in [0.717, 1.165) is 12.8 Å². The van der Waals surface area contributed by atoms with Crippen molar-refractivity contribution in [1.29, 1.82) is 0 Å². The van der Waals surface area contributed by atoms with Crippen LogP contribution in [0.2, 0.25) is 0 Å². The molecule has 0 radical (unpaired) electrons. The average Bonchev–Trinajstić information content (AvgIpc) is 3.01. The second kappa shape index (κ2) is 5.28. The molecule has 4 nitrogen and oxygen atoms in total. The summed E-state index contributed by atoms with van der Waals surface area (Å²) in [7, 11) is 0. The summed E-state index contributed by atoms with van der Waals surface area (Å²) in [5.74, 6) is -0.0433. The maximum atomic E-state index is 12.5. The van der Waals surface area contributed by atoms with Crippen molar-refractivity contribution < 1.29 is 4.79 Å². The number of amides is 1. The van der Waals surface area contributed by atoms with E-state index in [2.05, 4.69) is 17.4 Å². The summed E-state index contributed by atoms with van der Waals surface area (Å²) in [5, 5.41) is 3.14. The summed E-state index contributed by atoms with van der Waals surface area (Å²) in [6.45, 7) is 4.09. The maximum Gasteiger partial charge on any atom is 0.268 e. The van der Waals surface area contributed by atoms with Crippen molar-refractivity contribution in [3.8, 4) is 0 Å². The fraction of sp³-hybridized carbons (Fsp3) is 0.353. The number of anilines is 1. The molecule has 0 atom stereocenters. The first-order chi connectivity index (χ1) is 10.0.